The Bertz CT molecular complexity index is 1330. The highest BCUT2D eigenvalue weighted by Crippen LogP contribution is 2.23. The topological polar surface area (TPSA) is 94.0 Å². The summed E-state index contributed by atoms with van der Waals surface area (Å²) >= 11 is 3.41. The van der Waals surface area contributed by atoms with Gasteiger partial charge in [0, 0.05) is 23.2 Å². The van der Waals surface area contributed by atoms with Crippen molar-refractivity contribution >= 4 is 39.6 Å². The molecule has 0 aliphatic carbocycles. The fraction of sp³-hybridized carbons (Fsp3) is 0.323. The minimum atomic E-state index is -0.426. The van der Waals surface area contributed by atoms with Crippen LogP contribution in [-0.4, -0.2) is 47.7 Å². The van der Waals surface area contributed by atoms with Crippen LogP contribution >= 0.6 is 15.9 Å². The van der Waals surface area contributed by atoms with Crippen LogP contribution in [0.15, 0.2) is 70.2 Å². The van der Waals surface area contributed by atoms with E-state index >= 15 is 0 Å². The summed E-state index contributed by atoms with van der Waals surface area (Å²) in [5.74, 6) is -0.0988. The largest absolute Gasteiger partial charge is 0.396 e. The van der Waals surface area contributed by atoms with Gasteiger partial charge in [0.05, 0.1) is 17.5 Å². The summed E-state index contributed by atoms with van der Waals surface area (Å²) in [7, 11) is 0. The maximum atomic E-state index is 13.0. The highest BCUT2D eigenvalue weighted by atomic mass is 79.9. The molecule has 1 saturated heterocycles. The molecule has 7 nitrogen and oxygen atoms in total. The number of amides is 2. The van der Waals surface area contributed by atoms with E-state index in [1.165, 1.54) is 5.56 Å². The van der Waals surface area contributed by atoms with Gasteiger partial charge in [-0.15, -0.1) is 0 Å². The molecule has 0 atom stereocenters. The Balaban J connectivity index is 1.36. The number of nitrogens with zero attached hydrogens (tertiary/aromatic N) is 2. The second-order valence-corrected chi connectivity index (χ2v) is 11.0. The highest BCUT2D eigenvalue weighted by Gasteiger charge is 2.19. The molecule has 1 aliphatic rings. The summed E-state index contributed by atoms with van der Waals surface area (Å²) in [6.07, 6.45) is 4.71. The smallest absolute Gasteiger partial charge is 0.273 e. The first-order valence-electron chi connectivity index (χ1n) is 13.3. The number of aliphatic hydroxyl groups is 1. The SMILES string of the molecule is Cc1ccc(C=NNC(=O)c2cc(Br)ccc2NC(=O)c2ccc(CN3CCC(CCO)CC3)cc2)cc1C. The van der Waals surface area contributed by atoms with Crippen LogP contribution in [0.5, 0.6) is 0 Å². The minimum Gasteiger partial charge on any atom is -0.396 e. The van der Waals surface area contributed by atoms with Gasteiger partial charge in [-0.1, -0.05) is 46.3 Å². The van der Waals surface area contributed by atoms with Gasteiger partial charge in [0.1, 0.15) is 0 Å². The number of carbonyl (C=O) groups is 2. The molecule has 2 amide bonds. The molecule has 4 rings (SSSR count). The third-order valence-corrected chi connectivity index (χ3v) is 7.75. The number of nitrogens with one attached hydrogen (secondary N) is 2. The van der Waals surface area contributed by atoms with E-state index in [1.807, 2.05) is 56.3 Å². The van der Waals surface area contributed by atoms with Crippen molar-refractivity contribution in [3.05, 3.63) is 98.5 Å². The van der Waals surface area contributed by atoms with Gasteiger partial charge in [-0.05, 0) is 105 Å². The van der Waals surface area contributed by atoms with Crippen molar-refractivity contribution in [1.29, 1.82) is 0 Å². The zero-order valence-electron chi connectivity index (χ0n) is 22.4. The lowest BCUT2D eigenvalue weighted by atomic mass is 9.93. The Morgan fingerprint density at radius 3 is 2.44 bits per heavy atom. The molecular formula is C31H35BrN4O3. The number of benzene rings is 3. The van der Waals surface area contributed by atoms with Gasteiger partial charge in [0.15, 0.2) is 0 Å². The first kappa shape index (κ1) is 28.7. The van der Waals surface area contributed by atoms with Crippen LogP contribution < -0.4 is 10.7 Å². The minimum absolute atomic E-state index is 0.266. The van der Waals surface area contributed by atoms with E-state index in [-0.39, 0.29) is 12.5 Å². The van der Waals surface area contributed by atoms with E-state index in [9.17, 15) is 9.59 Å². The van der Waals surface area contributed by atoms with Crippen LogP contribution in [0, 0.1) is 19.8 Å². The molecule has 1 fully saturated rings. The molecule has 204 valence electrons. The number of carbonyl (C=O) groups excluding carboxylic acids is 2. The predicted octanol–water partition coefficient (Wildman–Crippen LogP) is 5.68. The van der Waals surface area contributed by atoms with Crippen molar-refractivity contribution in [1.82, 2.24) is 10.3 Å². The molecule has 3 N–H and O–H groups in total. The lowest BCUT2D eigenvalue weighted by Gasteiger charge is -2.31. The van der Waals surface area contributed by atoms with E-state index in [4.69, 9.17) is 5.11 Å². The molecule has 1 heterocycles. The summed E-state index contributed by atoms with van der Waals surface area (Å²) in [5.41, 5.74) is 8.15. The van der Waals surface area contributed by atoms with Crippen LogP contribution in [0.25, 0.3) is 0 Å². The third-order valence-electron chi connectivity index (χ3n) is 7.25. The predicted molar refractivity (Wildman–Crippen MR) is 159 cm³/mol. The number of likely N-dealkylation sites (tertiary alicyclic amines) is 1. The second-order valence-electron chi connectivity index (χ2n) is 10.1. The molecule has 1 aliphatic heterocycles. The summed E-state index contributed by atoms with van der Waals surface area (Å²) in [6, 6.07) is 18.7. The second kappa shape index (κ2) is 13.6. The van der Waals surface area contributed by atoms with Crippen LogP contribution in [0.4, 0.5) is 5.69 Å². The van der Waals surface area contributed by atoms with Crippen molar-refractivity contribution in [2.45, 2.75) is 39.7 Å². The van der Waals surface area contributed by atoms with Crippen molar-refractivity contribution in [3.8, 4) is 0 Å². The fourth-order valence-corrected chi connectivity index (χ4v) is 5.08. The van der Waals surface area contributed by atoms with Crippen molar-refractivity contribution < 1.29 is 14.7 Å². The molecule has 0 spiro atoms. The van der Waals surface area contributed by atoms with Gasteiger partial charge in [-0.2, -0.15) is 5.10 Å². The molecule has 0 saturated carbocycles. The van der Waals surface area contributed by atoms with E-state index in [0.29, 0.717) is 27.2 Å². The molecule has 0 bridgehead atoms. The number of hydrogen-bond donors (Lipinski definition) is 3. The monoisotopic (exact) mass is 590 g/mol. The average Bonchev–Trinajstić information content (AvgIpc) is 2.93. The summed E-state index contributed by atoms with van der Waals surface area (Å²) in [6.45, 7) is 7.22. The average molecular weight is 592 g/mol. The molecule has 0 aromatic heterocycles. The maximum absolute atomic E-state index is 13.0. The number of aliphatic hydroxyl groups excluding tert-OH is 1. The van der Waals surface area contributed by atoms with Crippen molar-refractivity contribution in [2.24, 2.45) is 11.0 Å². The van der Waals surface area contributed by atoms with Gasteiger partial charge >= 0.3 is 0 Å². The number of aryl methyl sites for hydroxylation is 2. The Morgan fingerprint density at radius 1 is 1.00 bits per heavy atom. The van der Waals surface area contributed by atoms with Crippen LogP contribution in [0.2, 0.25) is 0 Å². The number of hydrogen-bond acceptors (Lipinski definition) is 5. The molecule has 8 heteroatoms. The third kappa shape index (κ3) is 8.08. The summed E-state index contributed by atoms with van der Waals surface area (Å²) in [5, 5.41) is 16.1. The number of anilines is 1. The number of piperidine rings is 1. The number of halogens is 1. The molecule has 3 aromatic carbocycles. The van der Waals surface area contributed by atoms with Crippen molar-refractivity contribution in [2.75, 3.05) is 25.0 Å². The molecule has 0 unspecified atom stereocenters. The van der Waals surface area contributed by atoms with E-state index in [0.717, 1.165) is 55.6 Å². The zero-order valence-corrected chi connectivity index (χ0v) is 24.0. The first-order valence-corrected chi connectivity index (χ1v) is 14.1. The number of rotatable bonds is 9. The normalized spacial score (nSPS) is 14.5. The Hall–Kier alpha value is -3.33. The quantitative estimate of drug-likeness (QED) is 0.221. The van der Waals surface area contributed by atoms with Crippen LogP contribution in [-0.2, 0) is 6.54 Å². The van der Waals surface area contributed by atoms with E-state index in [1.54, 1.807) is 24.4 Å². The number of hydrazone groups is 1. The van der Waals surface area contributed by atoms with Gasteiger partial charge in [-0.3, -0.25) is 14.5 Å². The molecule has 3 aromatic rings. The van der Waals surface area contributed by atoms with Gasteiger partial charge < -0.3 is 10.4 Å². The van der Waals surface area contributed by atoms with Crippen LogP contribution in [0.3, 0.4) is 0 Å². The summed E-state index contributed by atoms with van der Waals surface area (Å²) < 4.78 is 0.716. The standard InChI is InChI=1S/C31H35BrN4O3/c1-21-3-4-25(17-22(21)2)19-33-35-31(39)28-18-27(32)9-10-29(28)34-30(38)26-7-5-24(6-8-26)20-36-14-11-23(12-15-36)13-16-37/h3-10,17-19,23,37H,11-16,20H2,1-2H3,(H,34,38)(H,35,39). The molecule has 39 heavy (non-hydrogen) atoms. The van der Waals surface area contributed by atoms with Gasteiger partial charge in [0.2, 0.25) is 0 Å². The lowest BCUT2D eigenvalue weighted by molar-refractivity contribution is 0.0956. The maximum Gasteiger partial charge on any atom is 0.273 e. The van der Waals surface area contributed by atoms with E-state index in [2.05, 4.69) is 36.7 Å². The fourth-order valence-electron chi connectivity index (χ4n) is 4.71. The van der Waals surface area contributed by atoms with Gasteiger partial charge in [-0.25, -0.2) is 5.43 Å². The van der Waals surface area contributed by atoms with Crippen molar-refractivity contribution in [3.63, 3.8) is 0 Å². The first-order chi connectivity index (χ1) is 18.8. The zero-order chi connectivity index (χ0) is 27.8. The lowest BCUT2D eigenvalue weighted by Crippen LogP contribution is -2.33. The van der Waals surface area contributed by atoms with Crippen LogP contribution in [0.1, 0.15) is 62.2 Å². The Kier molecular flexibility index (Phi) is 10.0. The summed E-state index contributed by atoms with van der Waals surface area (Å²) in [4.78, 5) is 28.4. The van der Waals surface area contributed by atoms with Gasteiger partial charge in [0.25, 0.3) is 11.8 Å². The molecule has 0 radical (unpaired) electrons. The Morgan fingerprint density at radius 2 is 1.74 bits per heavy atom. The molecular weight excluding hydrogens is 556 g/mol. The highest BCUT2D eigenvalue weighted by molar-refractivity contribution is 9.10. The Labute approximate surface area is 238 Å². The van der Waals surface area contributed by atoms with E-state index < -0.39 is 5.91 Å².